The molecule has 2 aliphatic heterocycles. The lowest BCUT2D eigenvalue weighted by Gasteiger charge is -2.27. The number of fused-ring (bicyclic) bond motifs is 1. The molecule has 0 aliphatic carbocycles. The number of nitrogens with zero attached hydrogens (tertiary/aromatic N) is 1. The number of carbonyl (C=O) groups excluding carboxylic acids is 1. The number of amides is 1. The lowest BCUT2D eigenvalue weighted by atomic mass is 10.0. The van der Waals surface area contributed by atoms with E-state index < -0.39 is 0 Å². The number of ether oxygens (including phenoxy) is 2. The first-order valence-corrected chi connectivity index (χ1v) is 8.90. The molecule has 2 aromatic carbocycles. The van der Waals surface area contributed by atoms with Gasteiger partial charge in [-0.2, -0.15) is 0 Å². The number of aryl methyl sites for hydroxylation is 2. The van der Waals surface area contributed by atoms with Crippen molar-refractivity contribution in [1.29, 1.82) is 0 Å². The van der Waals surface area contributed by atoms with Gasteiger partial charge in [0.05, 0.1) is 6.04 Å². The van der Waals surface area contributed by atoms with E-state index in [1.54, 1.807) is 0 Å². The topological polar surface area (TPSA) is 38.8 Å². The summed E-state index contributed by atoms with van der Waals surface area (Å²) in [6.45, 7) is 6.03. The first-order valence-electron chi connectivity index (χ1n) is 8.90. The Morgan fingerprint density at radius 2 is 1.72 bits per heavy atom. The van der Waals surface area contributed by atoms with E-state index >= 15 is 0 Å². The highest BCUT2D eigenvalue weighted by Gasteiger charge is 2.31. The van der Waals surface area contributed by atoms with Crippen molar-refractivity contribution in [3.05, 3.63) is 58.7 Å². The number of hydrogen-bond acceptors (Lipinski definition) is 3. The molecule has 0 bridgehead atoms. The van der Waals surface area contributed by atoms with Gasteiger partial charge in [-0.05, 0) is 56.5 Å². The molecule has 0 aromatic heterocycles. The van der Waals surface area contributed by atoms with Gasteiger partial charge in [-0.1, -0.05) is 23.3 Å². The second kappa shape index (κ2) is 6.43. The van der Waals surface area contributed by atoms with Crippen molar-refractivity contribution < 1.29 is 14.3 Å². The molecule has 0 saturated carbocycles. The van der Waals surface area contributed by atoms with E-state index in [9.17, 15) is 4.79 Å². The van der Waals surface area contributed by atoms with E-state index in [0.29, 0.717) is 13.2 Å². The fourth-order valence-corrected chi connectivity index (χ4v) is 3.89. The summed E-state index contributed by atoms with van der Waals surface area (Å²) >= 11 is 0. The maximum Gasteiger partial charge on any atom is 0.254 e. The largest absolute Gasteiger partial charge is 0.486 e. The molecule has 4 rings (SSSR count). The number of rotatable bonds is 2. The van der Waals surface area contributed by atoms with Crippen molar-refractivity contribution in [2.45, 2.75) is 32.7 Å². The Morgan fingerprint density at radius 3 is 2.48 bits per heavy atom. The molecule has 1 atom stereocenters. The molecule has 0 unspecified atom stereocenters. The predicted molar refractivity (Wildman–Crippen MR) is 96.4 cm³/mol. The molecule has 2 heterocycles. The predicted octanol–water partition coefficient (Wildman–Crippen LogP) is 4.05. The molecule has 130 valence electrons. The number of hydrogen-bond donors (Lipinski definition) is 0. The van der Waals surface area contributed by atoms with Crippen LogP contribution < -0.4 is 9.47 Å². The van der Waals surface area contributed by atoms with Crippen LogP contribution in [0.1, 0.15) is 45.9 Å². The molecule has 1 saturated heterocycles. The summed E-state index contributed by atoms with van der Waals surface area (Å²) in [5, 5.41) is 0. The highest BCUT2D eigenvalue weighted by atomic mass is 16.6. The summed E-state index contributed by atoms with van der Waals surface area (Å²) in [6.07, 6.45) is 2.01. The first kappa shape index (κ1) is 16.0. The zero-order chi connectivity index (χ0) is 17.4. The van der Waals surface area contributed by atoms with Gasteiger partial charge in [-0.25, -0.2) is 0 Å². The van der Waals surface area contributed by atoms with Crippen LogP contribution in [0.2, 0.25) is 0 Å². The van der Waals surface area contributed by atoms with Crippen LogP contribution in [-0.4, -0.2) is 30.6 Å². The van der Waals surface area contributed by atoms with Gasteiger partial charge in [0.1, 0.15) is 13.2 Å². The molecule has 4 nitrogen and oxygen atoms in total. The van der Waals surface area contributed by atoms with Crippen molar-refractivity contribution in [3.8, 4) is 11.5 Å². The molecule has 0 radical (unpaired) electrons. The van der Waals surface area contributed by atoms with Gasteiger partial charge in [0.25, 0.3) is 5.91 Å². The fourth-order valence-electron chi connectivity index (χ4n) is 3.89. The monoisotopic (exact) mass is 337 g/mol. The Balaban J connectivity index is 1.63. The molecule has 1 amide bonds. The van der Waals surface area contributed by atoms with Gasteiger partial charge in [-0.15, -0.1) is 0 Å². The minimum absolute atomic E-state index is 0.101. The van der Waals surface area contributed by atoms with Crippen molar-refractivity contribution >= 4 is 5.91 Å². The van der Waals surface area contributed by atoms with E-state index in [2.05, 4.69) is 12.1 Å². The summed E-state index contributed by atoms with van der Waals surface area (Å²) in [6, 6.07) is 12.2. The maximum atomic E-state index is 13.1. The van der Waals surface area contributed by atoms with Gasteiger partial charge in [0.15, 0.2) is 11.5 Å². The van der Waals surface area contributed by atoms with Crippen molar-refractivity contribution in [3.63, 3.8) is 0 Å². The van der Waals surface area contributed by atoms with Gasteiger partial charge in [-0.3, -0.25) is 4.79 Å². The highest BCUT2D eigenvalue weighted by Crippen LogP contribution is 2.38. The first-order chi connectivity index (χ1) is 12.1. The Morgan fingerprint density at radius 1 is 1.00 bits per heavy atom. The SMILES string of the molecule is Cc1cc(C)cc(C(=O)N2CCC[C@H]2c2ccc3c(c2)OCCO3)c1. The molecule has 1 fully saturated rings. The quantitative estimate of drug-likeness (QED) is 0.830. The lowest BCUT2D eigenvalue weighted by Crippen LogP contribution is -2.30. The van der Waals surface area contributed by atoms with Crippen LogP contribution in [0.25, 0.3) is 0 Å². The third-order valence-electron chi connectivity index (χ3n) is 4.93. The second-order valence-corrected chi connectivity index (χ2v) is 6.94. The van der Waals surface area contributed by atoms with Gasteiger partial charge in [0.2, 0.25) is 0 Å². The summed E-state index contributed by atoms with van der Waals surface area (Å²) in [5.41, 5.74) is 4.15. The normalized spacial score (nSPS) is 19.1. The number of carbonyl (C=O) groups is 1. The summed E-state index contributed by atoms with van der Waals surface area (Å²) < 4.78 is 11.3. The van der Waals surface area contributed by atoms with Gasteiger partial charge < -0.3 is 14.4 Å². The lowest BCUT2D eigenvalue weighted by molar-refractivity contribution is 0.0735. The Labute approximate surface area is 148 Å². The van der Waals surface area contributed by atoms with E-state index in [1.807, 2.05) is 43.0 Å². The minimum Gasteiger partial charge on any atom is -0.486 e. The zero-order valence-electron chi connectivity index (χ0n) is 14.7. The number of likely N-dealkylation sites (tertiary alicyclic amines) is 1. The Bertz CT molecular complexity index is 795. The number of benzene rings is 2. The third kappa shape index (κ3) is 3.09. The molecule has 25 heavy (non-hydrogen) atoms. The second-order valence-electron chi connectivity index (χ2n) is 6.94. The van der Waals surface area contributed by atoms with Gasteiger partial charge in [0, 0.05) is 12.1 Å². The molecular formula is C21H23NO3. The Kier molecular flexibility index (Phi) is 4.12. The van der Waals surface area contributed by atoms with E-state index in [0.717, 1.165) is 53.1 Å². The van der Waals surface area contributed by atoms with Crippen molar-refractivity contribution in [1.82, 2.24) is 4.90 Å². The molecule has 0 spiro atoms. The van der Waals surface area contributed by atoms with E-state index in [-0.39, 0.29) is 11.9 Å². The van der Waals surface area contributed by atoms with Crippen molar-refractivity contribution in [2.75, 3.05) is 19.8 Å². The van der Waals surface area contributed by atoms with Crippen LogP contribution in [-0.2, 0) is 0 Å². The fraction of sp³-hybridized carbons (Fsp3) is 0.381. The van der Waals surface area contributed by atoms with Crippen LogP contribution in [0.4, 0.5) is 0 Å². The highest BCUT2D eigenvalue weighted by molar-refractivity contribution is 5.95. The average Bonchev–Trinajstić information content (AvgIpc) is 3.09. The smallest absolute Gasteiger partial charge is 0.254 e. The minimum atomic E-state index is 0.101. The van der Waals surface area contributed by atoms with Crippen LogP contribution in [0.3, 0.4) is 0 Å². The van der Waals surface area contributed by atoms with Crippen molar-refractivity contribution in [2.24, 2.45) is 0 Å². The van der Waals surface area contributed by atoms with Gasteiger partial charge >= 0.3 is 0 Å². The molecule has 2 aliphatic rings. The van der Waals surface area contributed by atoms with E-state index in [4.69, 9.17) is 9.47 Å². The average molecular weight is 337 g/mol. The van der Waals surface area contributed by atoms with Crippen LogP contribution >= 0.6 is 0 Å². The molecule has 2 aromatic rings. The molecular weight excluding hydrogens is 314 g/mol. The summed E-state index contributed by atoms with van der Waals surface area (Å²) in [7, 11) is 0. The van der Waals surface area contributed by atoms with Crippen LogP contribution in [0, 0.1) is 13.8 Å². The van der Waals surface area contributed by atoms with E-state index in [1.165, 1.54) is 0 Å². The molecule has 0 N–H and O–H groups in total. The molecule has 4 heteroatoms. The standard InChI is InChI=1S/C21H23NO3/c1-14-10-15(2)12-17(11-14)21(23)22-7-3-4-18(22)16-5-6-19-20(13-16)25-9-8-24-19/h5-6,10-13,18H,3-4,7-9H2,1-2H3/t18-/m0/s1. The summed E-state index contributed by atoms with van der Waals surface area (Å²) in [5.74, 6) is 1.69. The zero-order valence-corrected chi connectivity index (χ0v) is 14.7. The maximum absolute atomic E-state index is 13.1. The Hall–Kier alpha value is -2.49. The third-order valence-corrected chi connectivity index (χ3v) is 4.93. The summed E-state index contributed by atoms with van der Waals surface area (Å²) in [4.78, 5) is 15.1. The van der Waals surface area contributed by atoms with Crippen LogP contribution in [0.5, 0.6) is 11.5 Å². The van der Waals surface area contributed by atoms with Crippen LogP contribution in [0.15, 0.2) is 36.4 Å².